The lowest BCUT2D eigenvalue weighted by atomic mass is 10.0. The van der Waals surface area contributed by atoms with Crippen molar-refractivity contribution in [2.75, 3.05) is 0 Å². The first-order valence-corrected chi connectivity index (χ1v) is 9.20. The summed E-state index contributed by atoms with van der Waals surface area (Å²) in [4.78, 5) is 24.6. The van der Waals surface area contributed by atoms with Crippen LogP contribution in [0.5, 0.6) is 0 Å². The largest absolute Gasteiger partial charge is 0.292 e. The van der Waals surface area contributed by atoms with E-state index in [1.165, 1.54) is 16.3 Å². The second-order valence-corrected chi connectivity index (χ2v) is 7.30. The average Bonchev–Trinajstić information content (AvgIpc) is 2.64. The number of aryl methyl sites for hydroxylation is 1. The maximum atomic E-state index is 12.5. The van der Waals surface area contributed by atoms with E-state index in [4.69, 9.17) is 0 Å². The molecule has 4 nitrogen and oxygen atoms in total. The zero-order valence-corrected chi connectivity index (χ0v) is 16.0. The predicted molar refractivity (Wildman–Crippen MR) is 108 cm³/mol. The minimum absolute atomic E-state index is 0.0683. The van der Waals surface area contributed by atoms with Crippen molar-refractivity contribution in [1.29, 1.82) is 0 Å². The van der Waals surface area contributed by atoms with Crippen molar-refractivity contribution in [2.45, 2.75) is 33.7 Å². The van der Waals surface area contributed by atoms with Gasteiger partial charge in [-0.05, 0) is 30.9 Å². The fourth-order valence-electron chi connectivity index (χ4n) is 2.97. The molecule has 0 amide bonds. The Morgan fingerprint density at radius 3 is 2.26 bits per heavy atom. The molecule has 0 aliphatic heterocycles. The molecule has 0 unspecified atom stereocenters. The van der Waals surface area contributed by atoms with Crippen molar-refractivity contribution in [1.82, 2.24) is 9.78 Å². The monoisotopic (exact) mass is 360 g/mol. The van der Waals surface area contributed by atoms with Gasteiger partial charge in [-0.3, -0.25) is 9.59 Å². The van der Waals surface area contributed by atoms with Crippen LogP contribution in [-0.4, -0.2) is 15.6 Å². The first kappa shape index (κ1) is 18.8. The van der Waals surface area contributed by atoms with Gasteiger partial charge in [0.2, 0.25) is 0 Å². The number of aromatic nitrogens is 2. The molecule has 0 bridgehead atoms. The number of ketones is 1. The highest BCUT2D eigenvalue weighted by molar-refractivity contribution is 5.95. The number of carbonyl (C=O) groups excluding carboxylic acids is 1. The molecule has 2 aromatic carbocycles. The Kier molecular flexibility index (Phi) is 5.65. The number of benzene rings is 2. The van der Waals surface area contributed by atoms with E-state index in [1.54, 1.807) is 18.2 Å². The third-order valence-electron chi connectivity index (χ3n) is 4.43. The van der Waals surface area contributed by atoms with Crippen molar-refractivity contribution < 1.29 is 4.79 Å². The predicted octanol–water partition coefficient (Wildman–Crippen LogP) is 4.30. The van der Waals surface area contributed by atoms with Crippen molar-refractivity contribution in [3.63, 3.8) is 0 Å². The third kappa shape index (κ3) is 4.79. The lowest BCUT2D eigenvalue weighted by molar-refractivity contribution is 0.0966. The van der Waals surface area contributed by atoms with Crippen LogP contribution in [0.2, 0.25) is 0 Å². The van der Waals surface area contributed by atoms with E-state index >= 15 is 0 Å². The van der Waals surface area contributed by atoms with Crippen LogP contribution in [0.3, 0.4) is 0 Å². The third-order valence-corrected chi connectivity index (χ3v) is 4.43. The number of Topliss-reactive ketones (excluding diaryl/α,β-unsaturated/α-hetero) is 1. The van der Waals surface area contributed by atoms with Gasteiger partial charge in [0, 0.05) is 17.2 Å². The van der Waals surface area contributed by atoms with Gasteiger partial charge in [-0.25, -0.2) is 4.68 Å². The van der Waals surface area contributed by atoms with Gasteiger partial charge in [0.15, 0.2) is 5.78 Å². The van der Waals surface area contributed by atoms with E-state index in [2.05, 4.69) is 31.1 Å². The highest BCUT2D eigenvalue weighted by Gasteiger charge is 2.10. The molecule has 0 fully saturated rings. The summed E-state index contributed by atoms with van der Waals surface area (Å²) in [6.07, 6.45) is 1.03. The number of carbonyl (C=O) groups is 1. The summed E-state index contributed by atoms with van der Waals surface area (Å²) in [5.74, 6) is 0.470. The van der Waals surface area contributed by atoms with Crippen LogP contribution >= 0.6 is 0 Å². The summed E-state index contributed by atoms with van der Waals surface area (Å²) in [6, 6.07) is 18.7. The lowest BCUT2D eigenvalue weighted by Gasteiger charge is -2.09. The van der Waals surface area contributed by atoms with E-state index in [9.17, 15) is 9.59 Å². The Balaban J connectivity index is 1.82. The first-order valence-electron chi connectivity index (χ1n) is 9.20. The summed E-state index contributed by atoms with van der Waals surface area (Å²) < 4.78 is 1.24. The summed E-state index contributed by atoms with van der Waals surface area (Å²) in [6.45, 7) is 6.28. The summed E-state index contributed by atoms with van der Waals surface area (Å²) in [5, 5.41) is 4.40. The van der Waals surface area contributed by atoms with Gasteiger partial charge in [0.1, 0.15) is 6.54 Å². The molecule has 4 heteroatoms. The second kappa shape index (κ2) is 8.12. The molecule has 3 rings (SSSR count). The van der Waals surface area contributed by atoms with Crippen molar-refractivity contribution in [2.24, 2.45) is 5.92 Å². The number of rotatable bonds is 6. The minimum Gasteiger partial charge on any atom is -0.292 e. The van der Waals surface area contributed by atoms with Crippen molar-refractivity contribution in [3.8, 4) is 11.3 Å². The quantitative estimate of drug-likeness (QED) is 0.616. The van der Waals surface area contributed by atoms with Crippen LogP contribution in [-0.2, 0) is 13.0 Å². The molecule has 0 aliphatic rings. The molecule has 3 aromatic rings. The van der Waals surface area contributed by atoms with Crippen LogP contribution in [0.4, 0.5) is 0 Å². The second-order valence-electron chi connectivity index (χ2n) is 7.30. The molecule has 1 heterocycles. The molecule has 0 spiro atoms. The lowest BCUT2D eigenvalue weighted by Crippen LogP contribution is -2.26. The fraction of sp³-hybridized carbons (Fsp3) is 0.261. The van der Waals surface area contributed by atoms with Gasteiger partial charge in [-0.15, -0.1) is 0 Å². The maximum Gasteiger partial charge on any atom is 0.267 e. The average molecular weight is 360 g/mol. The molecule has 0 N–H and O–H groups in total. The Morgan fingerprint density at radius 1 is 0.963 bits per heavy atom. The summed E-state index contributed by atoms with van der Waals surface area (Å²) >= 11 is 0. The normalized spacial score (nSPS) is 11.0. The van der Waals surface area contributed by atoms with Crippen molar-refractivity contribution >= 4 is 5.78 Å². The van der Waals surface area contributed by atoms with E-state index < -0.39 is 0 Å². The summed E-state index contributed by atoms with van der Waals surface area (Å²) in [7, 11) is 0. The Morgan fingerprint density at radius 2 is 1.63 bits per heavy atom. The van der Waals surface area contributed by atoms with Gasteiger partial charge in [-0.1, -0.05) is 67.9 Å². The zero-order valence-electron chi connectivity index (χ0n) is 16.0. The molecule has 1 aromatic heterocycles. The van der Waals surface area contributed by atoms with E-state index in [0.717, 1.165) is 17.5 Å². The molecule has 0 saturated carbocycles. The van der Waals surface area contributed by atoms with E-state index in [1.807, 2.05) is 31.2 Å². The molecule has 27 heavy (non-hydrogen) atoms. The minimum atomic E-state index is -0.282. The molecule has 0 atom stereocenters. The topological polar surface area (TPSA) is 52.0 Å². The zero-order chi connectivity index (χ0) is 19.4. The molecule has 0 radical (unpaired) electrons. The SMILES string of the molecule is Cc1ccc(C(=O)Cn2nc(-c3ccc(CC(C)C)cc3)ccc2=O)cc1. The Hall–Kier alpha value is -3.01. The van der Waals surface area contributed by atoms with E-state index in [0.29, 0.717) is 17.2 Å². The van der Waals surface area contributed by atoms with Gasteiger partial charge in [0.25, 0.3) is 5.56 Å². The van der Waals surface area contributed by atoms with Gasteiger partial charge >= 0.3 is 0 Å². The summed E-state index contributed by atoms with van der Waals surface area (Å²) in [5.41, 5.74) is 4.27. The number of nitrogens with zero attached hydrogens (tertiary/aromatic N) is 2. The standard InChI is InChI=1S/C23H24N2O2/c1-16(2)14-18-6-10-19(11-7-18)21-12-13-23(27)25(24-21)15-22(26)20-8-4-17(3)5-9-20/h4-13,16H,14-15H2,1-3H3. The molecule has 138 valence electrons. The van der Waals surface area contributed by atoms with Crippen LogP contribution in [0, 0.1) is 12.8 Å². The Bertz CT molecular complexity index is 984. The Labute approximate surface area is 159 Å². The number of hydrogen-bond acceptors (Lipinski definition) is 3. The van der Waals surface area contributed by atoms with Crippen LogP contribution in [0.15, 0.2) is 65.5 Å². The number of hydrogen-bond donors (Lipinski definition) is 0. The fourth-order valence-corrected chi connectivity index (χ4v) is 2.97. The maximum absolute atomic E-state index is 12.5. The van der Waals surface area contributed by atoms with Crippen LogP contribution in [0.25, 0.3) is 11.3 Å². The van der Waals surface area contributed by atoms with Crippen molar-refractivity contribution in [3.05, 3.63) is 87.7 Å². The van der Waals surface area contributed by atoms with Crippen LogP contribution in [0.1, 0.15) is 35.3 Å². The molecule has 0 aliphatic carbocycles. The van der Waals surface area contributed by atoms with Gasteiger partial charge < -0.3 is 0 Å². The van der Waals surface area contributed by atoms with E-state index in [-0.39, 0.29) is 17.9 Å². The first-order chi connectivity index (χ1) is 12.9. The van der Waals surface area contributed by atoms with Gasteiger partial charge in [0.05, 0.1) is 5.69 Å². The smallest absolute Gasteiger partial charge is 0.267 e. The molecule has 0 saturated heterocycles. The van der Waals surface area contributed by atoms with Crippen LogP contribution < -0.4 is 5.56 Å². The van der Waals surface area contributed by atoms with Gasteiger partial charge in [-0.2, -0.15) is 5.10 Å². The highest BCUT2D eigenvalue weighted by Crippen LogP contribution is 2.18. The highest BCUT2D eigenvalue weighted by atomic mass is 16.1. The molecular formula is C23H24N2O2. The molecular weight excluding hydrogens is 336 g/mol.